The van der Waals surface area contributed by atoms with Gasteiger partial charge in [-0.1, -0.05) is 41.7 Å². The molecule has 0 aliphatic carbocycles. The highest BCUT2D eigenvalue weighted by molar-refractivity contribution is 7.22. The normalized spacial score (nSPS) is 10.8. The summed E-state index contributed by atoms with van der Waals surface area (Å²) >= 11 is 1.56. The van der Waals surface area contributed by atoms with Gasteiger partial charge >= 0.3 is 0 Å². The third-order valence-electron chi connectivity index (χ3n) is 3.64. The van der Waals surface area contributed by atoms with Crippen molar-refractivity contribution in [3.63, 3.8) is 0 Å². The molecule has 0 bridgehead atoms. The Labute approximate surface area is 149 Å². The van der Waals surface area contributed by atoms with Gasteiger partial charge in [0, 0.05) is 5.56 Å². The summed E-state index contributed by atoms with van der Waals surface area (Å²) in [6.07, 6.45) is 0. The number of nitrogens with zero attached hydrogens (tertiary/aromatic N) is 3. The number of anilines is 2. The first kappa shape index (κ1) is 15.5. The Morgan fingerprint density at radius 3 is 2.64 bits per heavy atom. The van der Waals surface area contributed by atoms with Gasteiger partial charge in [-0.3, -0.25) is 0 Å². The van der Waals surface area contributed by atoms with Crippen molar-refractivity contribution < 1.29 is 4.74 Å². The highest BCUT2D eigenvalue weighted by atomic mass is 32.1. The maximum atomic E-state index is 5.53. The SMILES string of the molecule is CCOc1ccc2nc(Nc3ccc(-c4ccccc4)nn3)sc2c1. The molecule has 5 nitrogen and oxygen atoms in total. The van der Waals surface area contributed by atoms with E-state index in [1.807, 2.05) is 67.6 Å². The fourth-order valence-electron chi connectivity index (χ4n) is 2.49. The fraction of sp³-hybridized carbons (Fsp3) is 0.105. The smallest absolute Gasteiger partial charge is 0.189 e. The van der Waals surface area contributed by atoms with E-state index >= 15 is 0 Å². The Bertz CT molecular complexity index is 983. The Morgan fingerprint density at radius 1 is 1.00 bits per heavy atom. The third kappa shape index (κ3) is 3.44. The monoisotopic (exact) mass is 348 g/mol. The first-order valence-corrected chi connectivity index (χ1v) is 8.83. The molecule has 25 heavy (non-hydrogen) atoms. The van der Waals surface area contributed by atoms with Crippen molar-refractivity contribution >= 4 is 32.5 Å². The molecule has 124 valence electrons. The Morgan fingerprint density at radius 2 is 1.88 bits per heavy atom. The first-order chi connectivity index (χ1) is 12.3. The molecular formula is C19H16N4OS. The molecule has 2 aromatic carbocycles. The molecule has 0 aliphatic heterocycles. The Hall–Kier alpha value is -2.99. The number of benzene rings is 2. The van der Waals surface area contributed by atoms with Crippen LogP contribution in [-0.2, 0) is 0 Å². The predicted molar refractivity (Wildman–Crippen MR) is 102 cm³/mol. The Balaban J connectivity index is 1.54. The van der Waals surface area contributed by atoms with Crippen LogP contribution in [0.5, 0.6) is 5.75 Å². The number of fused-ring (bicyclic) bond motifs is 1. The van der Waals surface area contributed by atoms with Gasteiger partial charge in [-0.15, -0.1) is 10.2 Å². The zero-order valence-corrected chi connectivity index (χ0v) is 14.5. The maximum Gasteiger partial charge on any atom is 0.189 e. The zero-order valence-electron chi connectivity index (χ0n) is 13.6. The third-order valence-corrected chi connectivity index (χ3v) is 4.57. The molecule has 2 aromatic heterocycles. The molecular weight excluding hydrogens is 332 g/mol. The minimum Gasteiger partial charge on any atom is -0.494 e. The molecule has 0 radical (unpaired) electrons. The summed E-state index contributed by atoms with van der Waals surface area (Å²) in [7, 11) is 0. The topological polar surface area (TPSA) is 59.9 Å². The molecule has 0 spiro atoms. The minimum atomic E-state index is 0.652. The van der Waals surface area contributed by atoms with Gasteiger partial charge in [0.1, 0.15) is 5.75 Å². The van der Waals surface area contributed by atoms with E-state index in [0.29, 0.717) is 12.4 Å². The summed E-state index contributed by atoms with van der Waals surface area (Å²) in [5.74, 6) is 1.53. The van der Waals surface area contributed by atoms with Crippen LogP contribution in [0.15, 0.2) is 60.7 Å². The van der Waals surface area contributed by atoms with E-state index < -0.39 is 0 Å². The summed E-state index contributed by atoms with van der Waals surface area (Å²) in [5, 5.41) is 12.5. The molecule has 0 saturated carbocycles. The van der Waals surface area contributed by atoms with E-state index in [0.717, 1.165) is 32.4 Å². The predicted octanol–water partition coefficient (Wildman–Crippen LogP) is 4.90. The summed E-state index contributed by atoms with van der Waals surface area (Å²) < 4.78 is 6.60. The standard InChI is InChI=1S/C19H16N4OS/c1-2-24-14-8-9-16-17(12-14)25-19(20-16)21-18-11-10-15(22-23-18)13-6-4-3-5-7-13/h3-12H,2H2,1H3,(H,20,21,23). The molecule has 4 aromatic rings. The lowest BCUT2D eigenvalue weighted by atomic mass is 10.1. The van der Waals surface area contributed by atoms with Crippen LogP contribution in [0.4, 0.5) is 10.9 Å². The molecule has 0 amide bonds. The number of aromatic nitrogens is 3. The van der Waals surface area contributed by atoms with E-state index in [-0.39, 0.29) is 0 Å². The van der Waals surface area contributed by atoms with Gasteiger partial charge in [-0.25, -0.2) is 4.98 Å². The fourth-order valence-corrected chi connectivity index (χ4v) is 3.39. The van der Waals surface area contributed by atoms with Crippen molar-refractivity contribution in [2.24, 2.45) is 0 Å². The highest BCUT2D eigenvalue weighted by Gasteiger charge is 2.07. The molecule has 0 unspecified atom stereocenters. The number of thiazole rings is 1. The number of rotatable bonds is 5. The lowest BCUT2D eigenvalue weighted by molar-refractivity contribution is 0.341. The van der Waals surface area contributed by atoms with Crippen LogP contribution in [-0.4, -0.2) is 21.8 Å². The number of nitrogens with one attached hydrogen (secondary N) is 1. The first-order valence-electron chi connectivity index (χ1n) is 8.01. The van der Waals surface area contributed by atoms with Gasteiger partial charge in [0.15, 0.2) is 10.9 Å². The van der Waals surface area contributed by atoms with Crippen LogP contribution in [0, 0.1) is 0 Å². The van der Waals surface area contributed by atoms with Gasteiger partial charge in [-0.05, 0) is 37.3 Å². The van der Waals surface area contributed by atoms with Crippen molar-refractivity contribution in [3.05, 3.63) is 60.7 Å². The molecule has 0 fully saturated rings. The van der Waals surface area contributed by atoms with Gasteiger partial charge in [-0.2, -0.15) is 0 Å². The zero-order chi connectivity index (χ0) is 17.1. The molecule has 1 N–H and O–H groups in total. The molecule has 2 heterocycles. The van der Waals surface area contributed by atoms with E-state index in [9.17, 15) is 0 Å². The quantitative estimate of drug-likeness (QED) is 0.556. The molecule has 4 rings (SSSR count). The number of ether oxygens (including phenoxy) is 1. The lowest BCUT2D eigenvalue weighted by Gasteiger charge is -2.02. The van der Waals surface area contributed by atoms with E-state index in [2.05, 4.69) is 20.5 Å². The summed E-state index contributed by atoms with van der Waals surface area (Å²) in [5.41, 5.74) is 2.83. The van der Waals surface area contributed by atoms with Crippen LogP contribution in [0.1, 0.15) is 6.92 Å². The van der Waals surface area contributed by atoms with Gasteiger partial charge in [0.25, 0.3) is 0 Å². The summed E-state index contributed by atoms with van der Waals surface area (Å²) in [6.45, 7) is 2.63. The lowest BCUT2D eigenvalue weighted by Crippen LogP contribution is -1.95. The van der Waals surface area contributed by atoms with Gasteiger partial charge in [0.2, 0.25) is 0 Å². The van der Waals surface area contributed by atoms with Crippen LogP contribution in [0.3, 0.4) is 0 Å². The average Bonchev–Trinajstić information content (AvgIpc) is 3.05. The minimum absolute atomic E-state index is 0.652. The summed E-state index contributed by atoms with van der Waals surface area (Å²) in [4.78, 5) is 4.57. The molecule has 0 atom stereocenters. The van der Waals surface area contributed by atoms with Crippen LogP contribution >= 0.6 is 11.3 Å². The van der Waals surface area contributed by atoms with Crippen molar-refractivity contribution in [2.45, 2.75) is 6.92 Å². The maximum absolute atomic E-state index is 5.53. The second kappa shape index (κ2) is 6.86. The van der Waals surface area contributed by atoms with Crippen molar-refractivity contribution in [1.82, 2.24) is 15.2 Å². The van der Waals surface area contributed by atoms with Crippen LogP contribution in [0.2, 0.25) is 0 Å². The van der Waals surface area contributed by atoms with Crippen molar-refractivity contribution in [2.75, 3.05) is 11.9 Å². The number of hydrogen-bond donors (Lipinski definition) is 1. The van der Waals surface area contributed by atoms with E-state index in [4.69, 9.17) is 4.74 Å². The molecule has 6 heteroatoms. The Kier molecular flexibility index (Phi) is 4.26. The van der Waals surface area contributed by atoms with Crippen LogP contribution < -0.4 is 10.1 Å². The molecule has 0 saturated heterocycles. The average molecular weight is 348 g/mol. The molecule has 0 aliphatic rings. The van der Waals surface area contributed by atoms with Crippen molar-refractivity contribution in [3.8, 4) is 17.0 Å². The highest BCUT2D eigenvalue weighted by Crippen LogP contribution is 2.30. The van der Waals surface area contributed by atoms with Gasteiger partial charge in [0.05, 0.1) is 22.5 Å². The second-order valence-corrected chi connectivity index (χ2v) is 6.41. The van der Waals surface area contributed by atoms with Crippen molar-refractivity contribution in [1.29, 1.82) is 0 Å². The number of hydrogen-bond acceptors (Lipinski definition) is 6. The largest absolute Gasteiger partial charge is 0.494 e. The summed E-state index contributed by atoms with van der Waals surface area (Å²) in [6, 6.07) is 19.7. The van der Waals surface area contributed by atoms with Gasteiger partial charge < -0.3 is 10.1 Å². The second-order valence-electron chi connectivity index (χ2n) is 5.38. The van der Waals surface area contributed by atoms with Crippen LogP contribution in [0.25, 0.3) is 21.5 Å². The van der Waals surface area contributed by atoms with E-state index in [1.165, 1.54) is 0 Å². The van der Waals surface area contributed by atoms with E-state index in [1.54, 1.807) is 11.3 Å².